The summed E-state index contributed by atoms with van der Waals surface area (Å²) in [5.74, 6) is 2.02. The van der Waals surface area contributed by atoms with E-state index in [0.717, 1.165) is 6.42 Å². The molecule has 2 aromatic heterocycles. The summed E-state index contributed by atoms with van der Waals surface area (Å²) >= 11 is 0. The van der Waals surface area contributed by atoms with Gasteiger partial charge in [-0.15, -0.1) is 0 Å². The number of nitrogens with zero attached hydrogens (tertiary/aromatic N) is 4. The second-order valence-corrected chi connectivity index (χ2v) is 5.35. The lowest BCUT2D eigenvalue weighted by Gasteiger charge is -2.02. The largest absolute Gasteiger partial charge is 0.339 e. The molecule has 2 atom stereocenters. The molecule has 3 aromatic rings. The predicted molar refractivity (Wildman–Crippen MR) is 76.6 cm³/mol. The average Bonchev–Trinajstić information content (AvgIpc) is 3.16. The van der Waals surface area contributed by atoms with Crippen molar-refractivity contribution in [2.24, 2.45) is 0 Å². The van der Waals surface area contributed by atoms with E-state index in [4.69, 9.17) is 4.52 Å². The lowest BCUT2D eigenvalue weighted by Crippen LogP contribution is -1.89. The van der Waals surface area contributed by atoms with E-state index in [2.05, 4.69) is 51.3 Å². The van der Waals surface area contributed by atoms with Crippen molar-refractivity contribution >= 4 is 0 Å². The van der Waals surface area contributed by atoms with E-state index < -0.39 is 0 Å². The normalized spacial score (nSPS) is 20.4. The summed E-state index contributed by atoms with van der Waals surface area (Å²) in [5.41, 5.74) is 3.33. The van der Waals surface area contributed by atoms with Gasteiger partial charge in [0.05, 0.1) is 6.20 Å². The molecule has 1 aliphatic rings. The standard InChI is InChI=1S/C16H14N4O/c1-10-4-2-3-5-11(10)12-8-13(12)16-19-15(20-21-16)14-9-17-6-7-18-14/h2-7,9,12-13H,8H2,1H3/t12-,13-/m1/s1. The monoisotopic (exact) mass is 278 g/mol. The second kappa shape index (κ2) is 4.77. The van der Waals surface area contributed by atoms with Gasteiger partial charge in [0, 0.05) is 18.3 Å². The van der Waals surface area contributed by atoms with Crippen LogP contribution in [0.4, 0.5) is 0 Å². The first-order valence-electron chi connectivity index (χ1n) is 6.98. The van der Waals surface area contributed by atoms with Gasteiger partial charge in [0.15, 0.2) is 0 Å². The quantitative estimate of drug-likeness (QED) is 0.736. The molecule has 0 unspecified atom stereocenters. The van der Waals surface area contributed by atoms with Crippen molar-refractivity contribution in [1.82, 2.24) is 20.1 Å². The third-order valence-corrected chi connectivity index (χ3v) is 3.93. The summed E-state index contributed by atoms with van der Waals surface area (Å²) in [6, 6.07) is 8.47. The fraction of sp³-hybridized carbons (Fsp3) is 0.250. The average molecular weight is 278 g/mol. The van der Waals surface area contributed by atoms with Crippen molar-refractivity contribution in [1.29, 1.82) is 0 Å². The molecule has 5 nitrogen and oxygen atoms in total. The van der Waals surface area contributed by atoms with Gasteiger partial charge in [-0.2, -0.15) is 4.98 Å². The highest BCUT2D eigenvalue weighted by atomic mass is 16.5. The van der Waals surface area contributed by atoms with Crippen LogP contribution in [0.1, 0.15) is 35.3 Å². The van der Waals surface area contributed by atoms with Gasteiger partial charge in [-0.05, 0) is 30.4 Å². The van der Waals surface area contributed by atoms with Crippen molar-refractivity contribution in [3.05, 3.63) is 59.9 Å². The molecule has 5 heteroatoms. The lowest BCUT2D eigenvalue weighted by molar-refractivity contribution is 0.378. The molecule has 2 heterocycles. The van der Waals surface area contributed by atoms with Gasteiger partial charge in [0.1, 0.15) is 5.69 Å². The van der Waals surface area contributed by atoms with Gasteiger partial charge >= 0.3 is 0 Å². The Bertz CT molecular complexity index is 769. The number of rotatable bonds is 3. The summed E-state index contributed by atoms with van der Waals surface area (Å²) in [5, 5.41) is 4.01. The minimum absolute atomic E-state index is 0.323. The Hall–Kier alpha value is -2.56. The molecule has 0 N–H and O–H groups in total. The third kappa shape index (κ3) is 2.20. The Morgan fingerprint density at radius 1 is 1.14 bits per heavy atom. The molecule has 0 radical (unpaired) electrons. The summed E-state index contributed by atoms with van der Waals surface area (Å²) in [4.78, 5) is 12.7. The van der Waals surface area contributed by atoms with E-state index in [0.29, 0.717) is 29.2 Å². The zero-order chi connectivity index (χ0) is 14.2. The van der Waals surface area contributed by atoms with Crippen LogP contribution in [0, 0.1) is 6.92 Å². The van der Waals surface area contributed by atoms with Crippen LogP contribution in [0.15, 0.2) is 47.4 Å². The van der Waals surface area contributed by atoms with E-state index in [9.17, 15) is 0 Å². The third-order valence-electron chi connectivity index (χ3n) is 3.93. The number of aryl methyl sites for hydroxylation is 1. The zero-order valence-electron chi connectivity index (χ0n) is 11.6. The fourth-order valence-corrected chi connectivity index (χ4v) is 2.72. The van der Waals surface area contributed by atoms with Gasteiger partial charge in [-0.3, -0.25) is 4.98 Å². The lowest BCUT2D eigenvalue weighted by atomic mass is 10.0. The molecule has 0 amide bonds. The van der Waals surface area contributed by atoms with Crippen molar-refractivity contribution < 1.29 is 4.52 Å². The number of aromatic nitrogens is 4. The van der Waals surface area contributed by atoms with E-state index >= 15 is 0 Å². The molecule has 21 heavy (non-hydrogen) atoms. The first-order chi connectivity index (χ1) is 10.3. The van der Waals surface area contributed by atoms with Gasteiger partial charge in [-0.1, -0.05) is 29.4 Å². The smallest absolute Gasteiger partial charge is 0.230 e. The molecule has 0 bridgehead atoms. The van der Waals surface area contributed by atoms with Crippen LogP contribution >= 0.6 is 0 Å². The van der Waals surface area contributed by atoms with E-state index in [1.807, 2.05) is 0 Å². The Morgan fingerprint density at radius 3 is 2.86 bits per heavy atom. The molecule has 0 saturated heterocycles. The van der Waals surface area contributed by atoms with Crippen LogP contribution in [0.3, 0.4) is 0 Å². The van der Waals surface area contributed by atoms with Gasteiger partial charge in [-0.25, -0.2) is 4.98 Å². The highest BCUT2D eigenvalue weighted by molar-refractivity contribution is 5.46. The number of benzene rings is 1. The molecule has 1 aromatic carbocycles. The van der Waals surface area contributed by atoms with Crippen LogP contribution in [0.25, 0.3) is 11.5 Å². The Kier molecular flexibility index (Phi) is 2.77. The summed E-state index contributed by atoms with van der Waals surface area (Å²) in [6.45, 7) is 2.14. The molecule has 0 aliphatic heterocycles. The Labute approximate surface area is 122 Å². The molecule has 1 aliphatic carbocycles. The number of hydrogen-bond donors (Lipinski definition) is 0. The SMILES string of the molecule is Cc1ccccc1[C@H]1C[C@H]1c1nc(-c2cnccn2)no1. The molecule has 1 saturated carbocycles. The van der Waals surface area contributed by atoms with Crippen LogP contribution in [0.2, 0.25) is 0 Å². The first kappa shape index (κ1) is 12.2. The summed E-state index contributed by atoms with van der Waals surface area (Å²) in [6.07, 6.45) is 5.95. The minimum Gasteiger partial charge on any atom is -0.339 e. The zero-order valence-corrected chi connectivity index (χ0v) is 11.6. The topological polar surface area (TPSA) is 64.7 Å². The van der Waals surface area contributed by atoms with Crippen LogP contribution in [0.5, 0.6) is 0 Å². The van der Waals surface area contributed by atoms with E-state index in [1.54, 1.807) is 18.6 Å². The van der Waals surface area contributed by atoms with Gasteiger partial charge in [0.25, 0.3) is 0 Å². The molecule has 1 fully saturated rings. The highest BCUT2D eigenvalue weighted by Gasteiger charge is 2.44. The van der Waals surface area contributed by atoms with Crippen molar-refractivity contribution in [3.63, 3.8) is 0 Å². The van der Waals surface area contributed by atoms with Crippen LogP contribution < -0.4 is 0 Å². The maximum Gasteiger partial charge on any atom is 0.230 e. The van der Waals surface area contributed by atoms with Crippen LogP contribution in [-0.4, -0.2) is 20.1 Å². The van der Waals surface area contributed by atoms with E-state index in [1.165, 1.54) is 11.1 Å². The first-order valence-corrected chi connectivity index (χ1v) is 6.98. The van der Waals surface area contributed by atoms with Gasteiger partial charge < -0.3 is 4.52 Å². The minimum atomic E-state index is 0.323. The van der Waals surface area contributed by atoms with E-state index in [-0.39, 0.29) is 0 Å². The van der Waals surface area contributed by atoms with Crippen molar-refractivity contribution in [3.8, 4) is 11.5 Å². The molecular formula is C16H14N4O. The molecule has 4 rings (SSSR count). The maximum atomic E-state index is 5.41. The second-order valence-electron chi connectivity index (χ2n) is 5.35. The Balaban J connectivity index is 1.57. The molecule has 104 valence electrons. The number of hydrogen-bond acceptors (Lipinski definition) is 5. The van der Waals surface area contributed by atoms with Crippen molar-refractivity contribution in [2.45, 2.75) is 25.2 Å². The Morgan fingerprint density at radius 2 is 2.05 bits per heavy atom. The molecule has 0 spiro atoms. The summed E-state index contributed by atoms with van der Waals surface area (Å²) in [7, 11) is 0. The highest BCUT2D eigenvalue weighted by Crippen LogP contribution is 2.54. The summed E-state index contributed by atoms with van der Waals surface area (Å²) < 4.78 is 5.41. The predicted octanol–water partition coefficient (Wildman–Crippen LogP) is 3.11. The fourth-order valence-electron chi connectivity index (χ4n) is 2.72. The van der Waals surface area contributed by atoms with Gasteiger partial charge in [0.2, 0.25) is 11.7 Å². The van der Waals surface area contributed by atoms with Crippen molar-refractivity contribution in [2.75, 3.05) is 0 Å². The maximum absolute atomic E-state index is 5.41. The molecular weight excluding hydrogens is 264 g/mol. The van der Waals surface area contributed by atoms with Crippen LogP contribution in [-0.2, 0) is 0 Å².